The van der Waals surface area contributed by atoms with Crippen molar-refractivity contribution in [2.75, 3.05) is 7.05 Å². The van der Waals surface area contributed by atoms with E-state index in [-0.39, 0.29) is 0 Å². The molecule has 3 rings (SSSR count). The molecular weight excluding hydrogens is 332 g/mol. The van der Waals surface area contributed by atoms with Crippen molar-refractivity contribution in [3.8, 4) is 0 Å². The molecule has 6 nitrogen and oxygen atoms in total. The van der Waals surface area contributed by atoms with Crippen LogP contribution in [0.3, 0.4) is 0 Å². The van der Waals surface area contributed by atoms with E-state index in [2.05, 4.69) is 69.0 Å². The summed E-state index contributed by atoms with van der Waals surface area (Å²) < 4.78 is 1.82. The van der Waals surface area contributed by atoms with Gasteiger partial charge in [0, 0.05) is 23.3 Å². The van der Waals surface area contributed by atoms with Crippen LogP contribution in [0, 0.1) is 6.92 Å². The van der Waals surface area contributed by atoms with Gasteiger partial charge >= 0.3 is 0 Å². The molecule has 0 unspecified atom stereocenters. The van der Waals surface area contributed by atoms with E-state index in [1.165, 1.54) is 20.9 Å². The van der Waals surface area contributed by atoms with Gasteiger partial charge in [-0.05, 0) is 30.2 Å². The Labute approximate surface area is 151 Å². The second-order valence-corrected chi connectivity index (χ2v) is 7.08. The highest BCUT2D eigenvalue weighted by Gasteiger charge is 2.02. The van der Waals surface area contributed by atoms with Crippen LogP contribution in [-0.4, -0.2) is 27.8 Å². The lowest BCUT2D eigenvalue weighted by Gasteiger charge is -2.12. The largest absolute Gasteiger partial charge is 0.352 e. The van der Waals surface area contributed by atoms with Crippen LogP contribution in [-0.2, 0) is 19.6 Å². The minimum absolute atomic E-state index is 0.717. The van der Waals surface area contributed by atoms with Gasteiger partial charge in [-0.3, -0.25) is 4.99 Å². The number of nitrogens with one attached hydrogen (secondary N) is 2. The van der Waals surface area contributed by atoms with Gasteiger partial charge in [0.1, 0.15) is 12.7 Å². The van der Waals surface area contributed by atoms with Crippen molar-refractivity contribution >= 4 is 17.3 Å². The molecule has 0 aliphatic carbocycles. The fraction of sp³-hybridized carbons (Fsp3) is 0.278. The standard InChI is InChI=1S/C18H22N6S/c1-14-6-7-17(25-14)10-22-18(19-2)21-9-15-4-3-5-16(8-15)11-24-13-20-12-23-24/h3-8,12-13H,9-11H2,1-2H3,(H2,19,21,22). The Kier molecular flexibility index (Phi) is 5.79. The van der Waals surface area contributed by atoms with Crippen LogP contribution in [0.2, 0.25) is 0 Å². The van der Waals surface area contributed by atoms with Crippen LogP contribution in [0.25, 0.3) is 0 Å². The van der Waals surface area contributed by atoms with E-state index in [0.29, 0.717) is 6.54 Å². The minimum atomic E-state index is 0.717. The smallest absolute Gasteiger partial charge is 0.191 e. The van der Waals surface area contributed by atoms with Crippen LogP contribution in [0.4, 0.5) is 0 Å². The maximum atomic E-state index is 4.28. The molecule has 0 radical (unpaired) electrons. The van der Waals surface area contributed by atoms with Crippen molar-refractivity contribution in [2.45, 2.75) is 26.6 Å². The summed E-state index contributed by atoms with van der Waals surface area (Å²) in [7, 11) is 1.79. The van der Waals surface area contributed by atoms with Crippen molar-refractivity contribution in [2.24, 2.45) is 4.99 Å². The Morgan fingerprint density at radius 3 is 2.72 bits per heavy atom. The Hall–Kier alpha value is -2.67. The zero-order valence-corrected chi connectivity index (χ0v) is 15.3. The van der Waals surface area contributed by atoms with Gasteiger partial charge in [0.25, 0.3) is 0 Å². The highest BCUT2D eigenvalue weighted by Crippen LogP contribution is 2.14. The van der Waals surface area contributed by atoms with Gasteiger partial charge in [-0.2, -0.15) is 5.10 Å². The topological polar surface area (TPSA) is 67.1 Å². The average Bonchev–Trinajstić information content (AvgIpc) is 3.27. The van der Waals surface area contributed by atoms with Gasteiger partial charge in [-0.25, -0.2) is 9.67 Å². The normalized spacial score (nSPS) is 11.5. The summed E-state index contributed by atoms with van der Waals surface area (Å²) in [6, 6.07) is 12.7. The highest BCUT2D eigenvalue weighted by molar-refractivity contribution is 7.11. The summed E-state index contributed by atoms with van der Waals surface area (Å²) in [6.07, 6.45) is 3.28. The van der Waals surface area contributed by atoms with Crippen molar-refractivity contribution in [1.29, 1.82) is 0 Å². The van der Waals surface area contributed by atoms with Gasteiger partial charge < -0.3 is 10.6 Å². The molecule has 7 heteroatoms. The predicted octanol–water partition coefficient (Wildman–Crippen LogP) is 2.56. The molecule has 25 heavy (non-hydrogen) atoms. The second kappa shape index (κ2) is 8.43. The predicted molar refractivity (Wildman–Crippen MR) is 102 cm³/mol. The quantitative estimate of drug-likeness (QED) is 0.527. The summed E-state index contributed by atoms with van der Waals surface area (Å²) in [5.74, 6) is 0.799. The molecule has 0 saturated heterocycles. The number of hydrogen-bond donors (Lipinski definition) is 2. The van der Waals surface area contributed by atoms with Crippen molar-refractivity contribution in [1.82, 2.24) is 25.4 Å². The molecule has 0 spiro atoms. The molecule has 1 aromatic carbocycles. The lowest BCUT2D eigenvalue weighted by Crippen LogP contribution is -2.36. The average molecular weight is 354 g/mol. The van der Waals surface area contributed by atoms with E-state index in [9.17, 15) is 0 Å². The number of hydrogen-bond acceptors (Lipinski definition) is 4. The molecule has 2 heterocycles. The molecule has 0 amide bonds. The van der Waals surface area contributed by atoms with E-state index >= 15 is 0 Å². The van der Waals surface area contributed by atoms with Crippen LogP contribution >= 0.6 is 11.3 Å². The summed E-state index contributed by atoms with van der Waals surface area (Å²) in [6.45, 7) is 4.34. The molecule has 2 N–H and O–H groups in total. The van der Waals surface area contributed by atoms with Crippen molar-refractivity contribution < 1.29 is 0 Å². The maximum absolute atomic E-state index is 4.28. The fourth-order valence-electron chi connectivity index (χ4n) is 2.50. The summed E-state index contributed by atoms with van der Waals surface area (Å²) >= 11 is 1.80. The van der Waals surface area contributed by atoms with Crippen LogP contribution < -0.4 is 10.6 Å². The Bertz CT molecular complexity index is 822. The van der Waals surface area contributed by atoms with Gasteiger partial charge in [-0.15, -0.1) is 11.3 Å². The zero-order chi connectivity index (χ0) is 17.5. The highest BCUT2D eigenvalue weighted by atomic mass is 32.1. The Balaban J connectivity index is 1.52. The fourth-order valence-corrected chi connectivity index (χ4v) is 3.33. The van der Waals surface area contributed by atoms with E-state index < -0.39 is 0 Å². The number of aryl methyl sites for hydroxylation is 1. The monoisotopic (exact) mass is 354 g/mol. The van der Waals surface area contributed by atoms with Crippen LogP contribution in [0.15, 0.2) is 54.0 Å². The Morgan fingerprint density at radius 2 is 2.00 bits per heavy atom. The van der Waals surface area contributed by atoms with E-state index in [0.717, 1.165) is 19.0 Å². The second-order valence-electron chi connectivity index (χ2n) is 5.70. The van der Waals surface area contributed by atoms with Gasteiger partial charge in [-0.1, -0.05) is 24.3 Å². The molecule has 2 aromatic heterocycles. The Morgan fingerprint density at radius 1 is 1.16 bits per heavy atom. The lowest BCUT2D eigenvalue weighted by atomic mass is 10.1. The van der Waals surface area contributed by atoms with E-state index in [1.54, 1.807) is 31.0 Å². The van der Waals surface area contributed by atoms with Gasteiger partial charge in [0.05, 0.1) is 13.1 Å². The maximum Gasteiger partial charge on any atom is 0.191 e. The van der Waals surface area contributed by atoms with Crippen molar-refractivity contribution in [3.63, 3.8) is 0 Å². The molecule has 130 valence electrons. The van der Waals surface area contributed by atoms with Gasteiger partial charge in [0.15, 0.2) is 5.96 Å². The molecular formula is C18H22N6S. The number of benzene rings is 1. The molecule has 0 aliphatic heterocycles. The molecule has 0 atom stereocenters. The third kappa shape index (κ3) is 5.15. The summed E-state index contributed by atoms with van der Waals surface area (Å²) in [5, 5.41) is 10.9. The molecule has 0 fully saturated rings. The molecule has 0 aliphatic rings. The third-order valence-corrected chi connectivity index (χ3v) is 4.71. The minimum Gasteiger partial charge on any atom is -0.352 e. The number of thiophene rings is 1. The molecule has 3 aromatic rings. The summed E-state index contributed by atoms with van der Waals surface area (Å²) in [5.41, 5.74) is 2.40. The first-order chi connectivity index (χ1) is 12.2. The molecule has 0 saturated carbocycles. The zero-order valence-electron chi connectivity index (χ0n) is 14.4. The van der Waals surface area contributed by atoms with Gasteiger partial charge in [0.2, 0.25) is 0 Å². The number of nitrogens with zero attached hydrogens (tertiary/aromatic N) is 4. The molecule has 0 bridgehead atoms. The van der Waals surface area contributed by atoms with Crippen LogP contribution in [0.5, 0.6) is 0 Å². The lowest BCUT2D eigenvalue weighted by molar-refractivity contribution is 0.683. The first-order valence-corrected chi connectivity index (χ1v) is 8.94. The van der Waals surface area contributed by atoms with E-state index in [1.807, 2.05) is 4.68 Å². The first-order valence-electron chi connectivity index (χ1n) is 8.13. The summed E-state index contributed by atoms with van der Waals surface area (Å²) in [4.78, 5) is 10.9. The van der Waals surface area contributed by atoms with E-state index in [4.69, 9.17) is 0 Å². The SMILES string of the molecule is CN=C(NCc1cccc(Cn2cncn2)c1)NCc1ccc(C)s1. The number of rotatable bonds is 6. The van der Waals surface area contributed by atoms with Crippen LogP contribution in [0.1, 0.15) is 20.9 Å². The number of guanidine groups is 1. The third-order valence-electron chi connectivity index (χ3n) is 3.71. The number of aromatic nitrogens is 3. The van der Waals surface area contributed by atoms with Crippen molar-refractivity contribution in [3.05, 3.63) is 69.9 Å². The first kappa shape index (κ1) is 17.2. The number of aliphatic imine (C=N–C) groups is 1.